The molecule has 0 aliphatic carbocycles. The van der Waals surface area contributed by atoms with Gasteiger partial charge in [-0.05, 0) is 30.2 Å². The van der Waals surface area contributed by atoms with Gasteiger partial charge < -0.3 is 15.2 Å². The molecule has 0 unspecified atom stereocenters. The molecule has 3 aromatic rings. The van der Waals surface area contributed by atoms with Crippen molar-refractivity contribution in [3.05, 3.63) is 66.0 Å². The Hall–Kier alpha value is -3.15. The minimum absolute atomic E-state index is 0.0279. The fourth-order valence-corrected chi connectivity index (χ4v) is 3.15. The van der Waals surface area contributed by atoms with Crippen molar-refractivity contribution in [3.63, 3.8) is 0 Å². The highest BCUT2D eigenvalue weighted by Gasteiger charge is 2.32. The molecule has 0 radical (unpaired) electrons. The van der Waals surface area contributed by atoms with Crippen LogP contribution in [0, 0.1) is 0 Å². The van der Waals surface area contributed by atoms with Gasteiger partial charge in [0.05, 0.1) is 17.4 Å². The number of amides is 2. The van der Waals surface area contributed by atoms with E-state index in [1.165, 1.54) is 0 Å². The summed E-state index contributed by atoms with van der Waals surface area (Å²) in [6.45, 7) is 1.23. The predicted octanol–water partition coefficient (Wildman–Crippen LogP) is 2.09. The minimum Gasteiger partial charge on any atom is -0.345 e. The number of likely N-dealkylation sites (tertiary alicyclic amines) is 1. The molecule has 1 atom stereocenters. The van der Waals surface area contributed by atoms with E-state index in [9.17, 15) is 9.59 Å². The highest BCUT2D eigenvalue weighted by molar-refractivity contribution is 6.00. The van der Waals surface area contributed by atoms with Crippen LogP contribution in [0.15, 0.2) is 54.9 Å². The van der Waals surface area contributed by atoms with Crippen LogP contribution in [0.25, 0.3) is 11.0 Å². The molecular weight excluding hydrogens is 316 g/mol. The highest BCUT2D eigenvalue weighted by atomic mass is 16.2. The molecule has 2 aromatic carbocycles. The van der Waals surface area contributed by atoms with Crippen LogP contribution in [0.3, 0.4) is 0 Å². The number of H-pyrrole nitrogens is 1. The van der Waals surface area contributed by atoms with Crippen molar-refractivity contribution >= 4 is 22.8 Å². The molecule has 25 heavy (non-hydrogen) atoms. The summed E-state index contributed by atoms with van der Waals surface area (Å²) in [7, 11) is 0. The molecule has 6 nitrogen and oxygen atoms in total. The molecule has 0 saturated carbocycles. The third kappa shape index (κ3) is 3.10. The number of fused-ring (bicyclic) bond motifs is 1. The summed E-state index contributed by atoms with van der Waals surface area (Å²) in [5, 5.41) is 2.85. The normalized spacial score (nSPS) is 17.2. The smallest absolute Gasteiger partial charge is 0.252 e. The first-order valence-electron chi connectivity index (χ1n) is 8.27. The second kappa shape index (κ2) is 6.39. The van der Waals surface area contributed by atoms with Gasteiger partial charge in [0.2, 0.25) is 5.91 Å². The zero-order chi connectivity index (χ0) is 17.2. The molecule has 0 spiro atoms. The van der Waals surface area contributed by atoms with Crippen LogP contribution >= 0.6 is 0 Å². The number of carbonyl (C=O) groups excluding carboxylic acids is 2. The first-order valence-corrected chi connectivity index (χ1v) is 8.27. The average Bonchev–Trinajstić information content (AvgIpc) is 3.23. The van der Waals surface area contributed by atoms with Crippen molar-refractivity contribution in [2.45, 2.75) is 19.0 Å². The van der Waals surface area contributed by atoms with Crippen LogP contribution in [0.2, 0.25) is 0 Å². The van der Waals surface area contributed by atoms with Crippen molar-refractivity contribution in [1.82, 2.24) is 20.2 Å². The molecule has 0 bridgehead atoms. The van der Waals surface area contributed by atoms with Gasteiger partial charge in [0.15, 0.2) is 0 Å². The number of carbonyl (C=O) groups is 2. The Morgan fingerprint density at radius 3 is 2.92 bits per heavy atom. The molecule has 2 N–H and O–H groups in total. The van der Waals surface area contributed by atoms with Crippen molar-refractivity contribution in [2.24, 2.45) is 0 Å². The Morgan fingerprint density at radius 2 is 2.08 bits per heavy atom. The van der Waals surface area contributed by atoms with E-state index in [1.807, 2.05) is 30.3 Å². The van der Waals surface area contributed by atoms with Crippen molar-refractivity contribution in [3.8, 4) is 0 Å². The number of nitrogens with one attached hydrogen (secondary N) is 2. The molecular formula is C19H18N4O2. The van der Waals surface area contributed by atoms with Gasteiger partial charge in [0.25, 0.3) is 5.91 Å². The van der Waals surface area contributed by atoms with Gasteiger partial charge in [-0.3, -0.25) is 9.59 Å². The summed E-state index contributed by atoms with van der Waals surface area (Å²) in [6, 6.07) is 14.7. The maximum Gasteiger partial charge on any atom is 0.252 e. The van der Waals surface area contributed by atoms with E-state index in [-0.39, 0.29) is 11.8 Å². The van der Waals surface area contributed by atoms with Gasteiger partial charge in [-0.1, -0.05) is 30.3 Å². The number of nitrogens with zero attached hydrogens (tertiary/aromatic N) is 2. The van der Waals surface area contributed by atoms with Gasteiger partial charge in [-0.2, -0.15) is 0 Å². The van der Waals surface area contributed by atoms with E-state index in [1.54, 1.807) is 29.4 Å². The van der Waals surface area contributed by atoms with Crippen molar-refractivity contribution in [1.29, 1.82) is 0 Å². The Labute approximate surface area is 144 Å². The van der Waals surface area contributed by atoms with Crippen molar-refractivity contribution in [2.75, 3.05) is 6.54 Å². The lowest BCUT2D eigenvalue weighted by Gasteiger charge is -2.17. The standard InChI is InChI=1S/C19H18N4O2/c24-18(14-6-7-15-17(10-14)21-12-20-15)22-16-8-9-23(19(16)25)11-13-4-2-1-3-5-13/h1-7,10,12,16H,8-9,11H2,(H,20,21)(H,22,24)/t16-/m1/s1. The Balaban J connectivity index is 1.42. The lowest BCUT2D eigenvalue weighted by molar-refractivity contribution is -0.129. The van der Waals surface area contributed by atoms with Crippen LogP contribution in [0.1, 0.15) is 22.3 Å². The van der Waals surface area contributed by atoms with E-state index in [0.717, 1.165) is 16.6 Å². The van der Waals surface area contributed by atoms with Crippen LogP contribution < -0.4 is 5.32 Å². The molecule has 1 aliphatic rings. The summed E-state index contributed by atoms with van der Waals surface area (Å²) in [6.07, 6.45) is 2.22. The maximum atomic E-state index is 12.5. The molecule has 1 aromatic heterocycles. The lowest BCUT2D eigenvalue weighted by Crippen LogP contribution is -2.41. The predicted molar refractivity (Wildman–Crippen MR) is 93.8 cm³/mol. The molecule has 126 valence electrons. The van der Waals surface area contributed by atoms with E-state index in [4.69, 9.17) is 0 Å². The molecule has 1 aliphatic heterocycles. The zero-order valence-corrected chi connectivity index (χ0v) is 13.6. The van der Waals surface area contributed by atoms with Gasteiger partial charge in [0, 0.05) is 18.7 Å². The summed E-state index contributed by atoms with van der Waals surface area (Å²) in [5.74, 6) is -0.267. The van der Waals surface area contributed by atoms with Gasteiger partial charge in [-0.25, -0.2) is 4.98 Å². The number of aromatic nitrogens is 2. The number of hydrogen-bond acceptors (Lipinski definition) is 3. The molecule has 4 rings (SSSR count). The average molecular weight is 334 g/mol. The monoisotopic (exact) mass is 334 g/mol. The Kier molecular flexibility index (Phi) is 3.93. The van der Waals surface area contributed by atoms with E-state index in [2.05, 4.69) is 15.3 Å². The Bertz CT molecular complexity index is 919. The molecule has 2 heterocycles. The zero-order valence-electron chi connectivity index (χ0n) is 13.6. The van der Waals surface area contributed by atoms with E-state index >= 15 is 0 Å². The SMILES string of the molecule is O=C(N[C@@H]1CCN(Cc2ccccc2)C1=O)c1ccc2nc[nH]c2c1. The first-order chi connectivity index (χ1) is 12.2. The second-order valence-electron chi connectivity index (χ2n) is 6.19. The van der Waals surface area contributed by atoms with Crippen LogP contribution in [-0.2, 0) is 11.3 Å². The summed E-state index contributed by atoms with van der Waals surface area (Å²) in [5.41, 5.74) is 3.22. The van der Waals surface area contributed by atoms with Crippen molar-refractivity contribution < 1.29 is 9.59 Å². The van der Waals surface area contributed by atoms with Gasteiger partial charge in [0.1, 0.15) is 6.04 Å². The third-order valence-electron chi connectivity index (χ3n) is 4.50. The fraction of sp³-hybridized carbons (Fsp3) is 0.211. The highest BCUT2D eigenvalue weighted by Crippen LogP contribution is 2.17. The van der Waals surface area contributed by atoms with E-state index < -0.39 is 6.04 Å². The third-order valence-corrected chi connectivity index (χ3v) is 4.50. The largest absolute Gasteiger partial charge is 0.345 e. The van der Waals surface area contributed by atoms with Gasteiger partial charge in [-0.15, -0.1) is 0 Å². The molecule has 1 saturated heterocycles. The summed E-state index contributed by atoms with van der Waals surface area (Å²) < 4.78 is 0. The summed E-state index contributed by atoms with van der Waals surface area (Å²) >= 11 is 0. The van der Waals surface area contributed by atoms with Crippen LogP contribution in [-0.4, -0.2) is 39.3 Å². The number of hydrogen-bond donors (Lipinski definition) is 2. The number of aromatic amines is 1. The second-order valence-corrected chi connectivity index (χ2v) is 6.19. The molecule has 6 heteroatoms. The summed E-state index contributed by atoms with van der Waals surface area (Å²) in [4.78, 5) is 33.9. The van der Waals surface area contributed by atoms with Gasteiger partial charge >= 0.3 is 0 Å². The Morgan fingerprint density at radius 1 is 1.24 bits per heavy atom. The van der Waals surface area contributed by atoms with E-state index in [0.29, 0.717) is 25.1 Å². The molecule has 2 amide bonds. The first kappa shape index (κ1) is 15.4. The topological polar surface area (TPSA) is 78.1 Å². The number of imidazole rings is 1. The molecule has 1 fully saturated rings. The minimum atomic E-state index is -0.464. The fourth-order valence-electron chi connectivity index (χ4n) is 3.15. The quantitative estimate of drug-likeness (QED) is 0.767. The number of rotatable bonds is 4. The maximum absolute atomic E-state index is 12.5. The number of benzene rings is 2. The van der Waals surface area contributed by atoms with Crippen LogP contribution in [0.5, 0.6) is 0 Å². The van der Waals surface area contributed by atoms with Crippen LogP contribution in [0.4, 0.5) is 0 Å². The lowest BCUT2D eigenvalue weighted by atomic mass is 10.1.